The molecule has 2 aromatic carbocycles. The van der Waals surface area contributed by atoms with E-state index in [1.54, 1.807) is 24.3 Å². The van der Waals surface area contributed by atoms with Gasteiger partial charge in [-0.1, -0.05) is 11.6 Å². The van der Waals surface area contributed by atoms with Gasteiger partial charge < -0.3 is 29.0 Å². The third-order valence-electron chi connectivity index (χ3n) is 3.87. The third-order valence-corrected chi connectivity index (χ3v) is 4.17. The lowest BCUT2D eigenvalue weighted by atomic mass is 10.1. The lowest BCUT2D eigenvalue weighted by Gasteiger charge is -2.14. The standard InChI is InChI=1S/C20H22ClNO7/c1-25-15-6-5-13(10-14(15)21)22-18(23)11-29-19(24)9-12-7-16(26-2)20(28-4)17(8-12)27-3/h5-8,10H,9,11H2,1-4H3,(H,22,23). The normalized spacial score (nSPS) is 10.1. The molecule has 0 fully saturated rings. The summed E-state index contributed by atoms with van der Waals surface area (Å²) in [7, 11) is 5.94. The fourth-order valence-electron chi connectivity index (χ4n) is 2.54. The van der Waals surface area contributed by atoms with Crippen molar-refractivity contribution >= 4 is 29.2 Å². The Kier molecular flexibility index (Phi) is 7.97. The number of methoxy groups -OCH3 is 4. The van der Waals surface area contributed by atoms with Gasteiger partial charge in [0.25, 0.3) is 5.91 Å². The van der Waals surface area contributed by atoms with E-state index in [9.17, 15) is 9.59 Å². The molecule has 0 saturated heterocycles. The number of halogens is 1. The predicted octanol–water partition coefficient (Wildman–Crippen LogP) is 3.10. The van der Waals surface area contributed by atoms with Crippen LogP contribution in [-0.2, 0) is 20.7 Å². The minimum atomic E-state index is -0.581. The summed E-state index contributed by atoms with van der Waals surface area (Å²) in [6, 6.07) is 8.06. The van der Waals surface area contributed by atoms with Crippen LogP contribution in [-0.4, -0.2) is 46.9 Å². The van der Waals surface area contributed by atoms with Gasteiger partial charge in [-0.15, -0.1) is 0 Å². The van der Waals surface area contributed by atoms with Crippen LogP contribution in [0.5, 0.6) is 23.0 Å². The summed E-state index contributed by atoms with van der Waals surface area (Å²) in [5, 5.41) is 2.94. The van der Waals surface area contributed by atoms with E-state index in [-0.39, 0.29) is 6.42 Å². The Morgan fingerprint density at radius 3 is 2.03 bits per heavy atom. The molecule has 8 nitrogen and oxygen atoms in total. The predicted molar refractivity (Wildman–Crippen MR) is 107 cm³/mol. The maximum Gasteiger partial charge on any atom is 0.310 e. The summed E-state index contributed by atoms with van der Waals surface area (Å²) in [5.74, 6) is 0.672. The molecule has 0 atom stereocenters. The minimum Gasteiger partial charge on any atom is -0.495 e. The second-order valence-corrected chi connectivity index (χ2v) is 6.18. The number of benzene rings is 2. The Bertz CT molecular complexity index is 860. The topological polar surface area (TPSA) is 92.3 Å². The Balaban J connectivity index is 1.94. The van der Waals surface area contributed by atoms with Crippen LogP contribution < -0.4 is 24.3 Å². The lowest BCUT2D eigenvalue weighted by molar-refractivity contribution is -0.146. The first kappa shape index (κ1) is 22.2. The maximum absolute atomic E-state index is 12.1. The van der Waals surface area contributed by atoms with E-state index in [0.717, 1.165) is 0 Å². The third kappa shape index (κ3) is 5.92. The fraction of sp³-hybridized carbons (Fsp3) is 0.300. The van der Waals surface area contributed by atoms with Crippen molar-refractivity contribution in [2.75, 3.05) is 40.4 Å². The van der Waals surface area contributed by atoms with E-state index in [4.69, 9.17) is 35.3 Å². The first-order valence-electron chi connectivity index (χ1n) is 8.49. The van der Waals surface area contributed by atoms with Crippen LogP contribution in [0.1, 0.15) is 5.56 Å². The summed E-state index contributed by atoms with van der Waals surface area (Å²) in [6.07, 6.45) is -0.0711. The van der Waals surface area contributed by atoms with Crippen molar-refractivity contribution in [3.8, 4) is 23.0 Å². The zero-order valence-corrected chi connectivity index (χ0v) is 17.3. The van der Waals surface area contributed by atoms with Gasteiger partial charge in [-0.3, -0.25) is 9.59 Å². The van der Waals surface area contributed by atoms with E-state index < -0.39 is 18.5 Å². The largest absolute Gasteiger partial charge is 0.495 e. The summed E-state index contributed by atoms with van der Waals surface area (Å²) in [4.78, 5) is 24.1. The Morgan fingerprint density at radius 2 is 1.52 bits per heavy atom. The van der Waals surface area contributed by atoms with Gasteiger partial charge in [-0.25, -0.2) is 0 Å². The quantitative estimate of drug-likeness (QED) is 0.619. The van der Waals surface area contributed by atoms with E-state index >= 15 is 0 Å². The van der Waals surface area contributed by atoms with E-state index in [1.165, 1.54) is 34.5 Å². The molecule has 9 heteroatoms. The van der Waals surface area contributed by atoms with Crippen molar-refractivity contribution in [2.24, 2.45) is 0 Å². The molecule has 2 rings (SSSR count). The number of nitrogens with one attached hydrogen (secondary N) is 1. The van der Waals surface area contributed by atoms with Crippen molar-refractivity contribution in [1.29, 1.82) is 0 Å². The molecule has 0 aliphatic carbocycles. The zero-order chi connectivity index (χ0) is 21.4. The van der Waals surface area contributed by atoms with Gasteiger partial charge in [-0.05, 0) is 35.9 Å². The van der Waals surface area contributed by atoms with Crippen LogP contribution in [0, 0.1) is 0 Å². The molecule has 1 amide bonds. The molecule has 0 aliphatic heterocycles. The second-order valence-electron chi connectivity index (χ2n) is 5.77. The Hall–Kier alpha value is -3.13. The highest BCUT2D eigenvalue weighted by Gasteiger charge is 2.16. The van der Waals surface area contributed by atoms with Crippen molar-refractivity contribution in [3.05, 3.63) is 40.9 Å². The minimum absolute atomic E-state index is 0.0711. The van der Waals surface area contributed by atoms with Gasteiger partial charge >= 0.3 is 5.97 Å². The number of carbonyl (C=O) groups is 2. The summed E-state index contributed by atoms with van der Waals surface area (Å²) in [6.45, 7) is -0.438. The molecule has 0 spiro atoms. The molecule has 0 aliphatic rings. The molecule has 0 radical (unpaired) electrons. The number of anilines is 1. The monoisotopic (exact) mass is 423 g/mol. The first-order valence-corrected chi connectivity index (χ1v) is 8.87. The molecule has 0 bridgehead atoms. The molecule has 0 unspecified atom stereocenters. The molecule has 0 saturated carbocycles. The summed E-state index contributed by atoms with van der Waals surface area (Å²) >= 11 is 6.01. The highest BCUT2D eigenvalue weighted by molar-refractivity contribution is 6.32. The number of ether oxygens (including phenoxy) is 5. The van der Waals surface area contributed by atoms with Crippen LogP contribution >= 0.6 is 11.6 Å². The average Bonchev–Trinajstić information content (AvgIpc) is 2.71. The van der Waals surface area contributed by atoms with Crippen LogP contribution in [0.3, 0.4) is 0 Å². The zero-order valence-electron chi connectivity index (χ0n) is 16.5. The Labute approximate surface area is 173 Å². The van der Waals surface area contributed by atoms with Gasteiger partial charge in [0, 0.05) is 5.69 Å². The van der Waals surface area contributed by atoms with E-state index in [2.05, 4.69) is 5.32 Å². The lowest BCUT2D eigenvalue weighted by Crippen LogP contribution is -2.21. The van der Waals surface area contributed by atoms with E-state index in [1.807, 2.05) is 0 Å². The van der Waals surface area contributed by atoms with Gasteiger partial charge in [0.05, 0.1) is 39.9 Å². The van der Waals surface area contributed by atoms with Gasteiger partial charge in [0.15, 0.2) is 18.1 Å². The van der Waals surface area contributed by atoms with Crippen molar-refractivity contribution < 1.29 is 33.3 Å². The highest BCUT2D eigenvalue weighted by Crippen LogP contribution is 2.38. The molecule has 1 N–H and O–H groups in total. The van der Waals surface area contributed by atoms with Crippen LogP contribution in [0.4, 0.5) is 5.69 Å². The smallest absolute Gasteiger partial charge is 0.310 e. The van der Waals surface area contributed by atoms with Crippen molar-refractivity contribution in [3.63, 3.8) is 0 Å². The maximum atomic E-state index is 12.1. The summed E-state index contributed by atoms with van der Waals surface area (Å²) < 4.78 is 25.8. The molecule has 0 heterocycles. The number of carbonyl (C=O) groups excluding carboxylic acids is 2. The first-order chi connectivity index (χ1) is 13.9. The highest BCUT2D eigenvalue weighted by atomic mass is 35.5. The molecule has 2 aromatic rings. The molecular weight excluding hydrogens is 402 g/mol. The van der Waals surface area contributed by atoms with Crippen molar-refractivity contribution in [1.82, 2.24) is 0 Å². The number of hydrogen-bond acceptors (Lipinski definition) is 7. The van der Waals surface area contributed by atoms with Gasteiger partial charge in [-0.2, -0.15) is 0 Å². The SMILES string of the molecule is COc1ccc(NC(=O)COC(=O)Cc2cc(OC)c(OC)c(OC)c2)cc1Cl. The number of hydrogen-bond donors (Lipinski definition) is 1. The number of rotatable bonds is 9. The summed E-state index contributed by atoms with van der Waals surface area (Å²) in [5.41, 5.74) is 1.05. The van der Waals surface area contributed by atoms with Crippen LogP contribution in [0.15, 0.2) is 30.3 Å². The van der Waals surface area contributed by atoms with Crippen LogP contribution in [0.2, 0.25) is 5.02 Å². The van der Waals surface area contributed by atoms with Gasteiger partial charge in [0.1, 0.15) is 5.75 Å². The molecule has 29 heavy (non-hydrogen) atoms. The van der Waals surface area contributed by atoms with Crippen molar-refractivity contribution in [2.45, 2.75) is 6.42 Å². The fourth-order valence-corrected chi connectivity index (χ4v) is 2.80. The van der Waals surface area contributed by atoms with Crippen LogP contribution in [0.25, 0.3) is 0 Å². The second kappa shape index (κ2) is 10.4. The number of esters is 1. The Morgan fingerprint density at radius 1 is 0.897 bits per heavy atom. The number of amides is 1. The van der Waals surface area contributed by atoms with E-state index in [0.29, 0.717) is 39.3 Å². The molecule has 0 aromatic heterocycles. The molecule has 156 valence electrons. The molecular formula is C20H22ClNO7. The average molecular weight is 424 g/mol. The van der Waals surface area contributed by atoms with Gasteiger partial charge in [0.2, 0.25) is 5.75 Å².